The van der Waals surface area contributed by atoms with E-state index in [0.717, 1.165) is 0 Å². The summed E-state index contributed by atoms with van der Waals surface area (Å²) in [6, 6.07) is 4.90. The molecular formula is C11H11F2NO. The second-order valence-corrected chi connectivity index (χ2v) is 3.70. The minimum absolute atomic E-state index is 0.00827. The number of halogens is 2. The third-order valence-electron chi connectivity index (χ3n) is 2.71. The number of aromatic nitrogens is 1. The summed E-state index contributed by atoms with van der Waals surface area (Å²) in [5.41, 5.74) is 0.325. The van der Waals surface area contributed by atoms with Gasteiger partial charge in [-0.3, -0.25) is 9.78 Å². The number of ketones is 1. The summed E-state index contributed by atoms with van der Waals surface area (Å²) >= 11 is 0. The number of pyridine rings is 1. The van der Waals surface area contributed by atoms with Crippen LogP contribution in [0.15, 0.2) is 24.4 Å². The quantitative estimate of drug-likeness (QED) is 0.712. The normalized spacial score (nSPS) is 31.6. The van der Waals surface area contributed by atoms with E-state index in [0.29, 0.717) is 5.69 Å². The molecule has 80 valence electrons. The van der Waals surface area contributed by atoms with Gasteiger partial charge in [0.1, 0.15) is 6.17 Å². The van der Waals surface area contributed by atoms with Crippen molar-refractivity contribution in [2.45, 2.75) is 31.1 Å². The number of hydrogen-bond acceptors (Lipinski definition) is 2. The Morgan fingerprint density at radius 2 is 2.13 bits per heavy atom. The molecule has 3 unspecified atom stereocenters. The first-order valence-corrected chi connectivity index (χ1v) is 4.92. The van der Waals surface area contributed by atoms with Gasteiger partial charge < -0.3 is 0 Å². The molecule has 1 fully saturated rings. The molecule has 0 aromatic carbocycles. The van der Waals surface area contributed by atoms with Crippen LogP contribution >= 0.6 is 0 Å². The number of carbonyl (C=O) groups is 1. The van der Waals surface area contributed by atoms with Crippen LogP contribution in [0.2, 0.25) is 0 Å². The molecule has 1 aromatic heterocycles. The second-order valence-electron chi connectivity index (χ2n) is 3.70. The fourth-order valence-electron chi connectivity index (χ4n) is 1.89. The monoisotopic (exact) mass is 211 g/mol. The molecule has 1 heterocycles. The van der Waals surface area contributed by atoms with E-state index in [1.165, 1.54) is 6.20 Å². The van der Waals surface area contributed by atoms with E-state index in [4.69, 9.17) is 0 Å². The highest BCUT2D eigenvalue weighted by Crippen LogP contribution is 2.34. The molecule has 4 heteroatoms. The fourth-order valence-corrected chi connectivity index (χ4v) is 1.89. The van der Waals surface area contributed by atoms with Crippen molar-refractivity contribution in [2.24, 2.45) is 0 Å². The van der Waals surface area contributed by atoms with Gasteiger partial charge in [0.05, 0.1) is 5.92 Å². The highest BCUT2D eigenvalue weighted by molar-refractivity contribution is 5.85. The van der Waals surface area contributed by atoms with Crippen molar-refractivity contribution in [3.8, 4) is 0 Å². The maximum Gasteiger partial charge on any atom is 0.169 e. The zero-order valence-corrected chi connectivity index (χ0v) is 8.07. The minimum atomic E-state index is -1.75. The molecule has 2 rings (SSSR count). The summed E-state index contributed by atoms with van der Waals surface area (Å²) in [5.74, 6) is -1.54. The Morgan fingerprint density at radius 1 is 1.33 bits per heavy atom. The Morgan fingerprint density at radius 3 is 2.80 bits per heavy atom. The Kier molecular flexibility index (Phi) is 2.75. The summed E-state index contributed by atoms with van der Waals surface area (Å²) in [4.78, 5) is 15.1. The fraction of sp³-hybridized carbons (Fsp3) is 0.455. The molecular weight excluding hydrogens is 200 g/mol. The van der Waals surface area contributed by atoms with Crippen LogP contribution in [-0.4, -0.2) is 23.1 Å². The summed E-state index contributed by atoms with van der Waals surface area (Å²) < 4.78 is 27.1. The zero-order valence-electron chi connectivity index (χ0n) is 8.07. The summed E-state index contributed by atoms with van der Waals surface area (Å²) in [7, 11) is 0. The van der Waals surface area contributed by atoms with Gasteiger partial charge in [-0.05, 0) is 18.6 Å². The third kappa shape index (κ3) is 1.89. The predicted octanol–water partition coefficient (Wildman–Crippen LogP) is 2.20. The molecule has 3 atom stereocenters. The molecule has 1 saturated carbocycles. The highest BCUT2D eigenvalue weighted by atomic mass is 19.1. The van der Waals surface area contributed by atoms with Gasteiger partial charge in [0.2, 0.25) is 0 Å². The van der Waals surface area contributed by atoms with Gasteiger partial charge in [-0.25, -0.2) is 8.78 Å². The summed E-state index contributed by atoms with van der Waals surface area (Å²) in [6.45, 7) is 0. The summed E-state index contributed by atoms with van der Waals surface area (Å²) in [6.07, 6.45) is -1.49. The molecule has 0 radical (unpaired) electrons. The van der Waals surface area contributed by atoms with Crippen LogP contribution in [0.3, 0.4) is 0 Å². The maximum absolute atomic E-state index is 13.5. The molecule has 0 bridgehead atoms. The van der Waals surface area contributed by atoms with E-state index >= 15 is 0 Å². The average Bonchev–Trinajstić information content (AvgIpc) is 2.26. The van der Waals surface area contributed by atoms with Crippen molar-refractivity contribution in [2.75, 3.05) is 0 Å². The number of carbonyl (C=O) groups excluding carboxylic acids is 1. The maximum atomic E-state index is 13.5. The summed E-state index contributed by atoms with van der Waals surface area (Å²) in [5, 5.41) is 0. The number of nitrogens with zero attached hydrogens (tertiary/aromatic N) is 1. The lowest BCUT2D eigenvalue weighted by atomic mass is 9.82. The predicted molar refractivity (Wildman–Crippen MR) is 51.0 cm³/mol. The van der Waals surface area contributed by atoms with Gasteiger partial charge in [-0.1, -0.05) is 6.07 Å². The Hall–Kier alpha value is -1.32. The van der Waals surface area contributed by atoms with Gasteiger partial charge in [0.25, 0.3) is 0 Å². The first-order valence-electron chi connectivity index (χ1n) is 4.92. The number of rotatable bonds is 1. The van der Waals surface area contributed by atoms with Crippen molar-refractivity contribution in [1.29, 1.82) is 0 Å². The van der Waals surface area contributed by atoms with E-state index in [9.17, 15) is 13.6 Å². The number of Topliss-reactive ketones (excluding diaryl/α,β-unsaturated/α-hetero) is 1. The van der Waals surface area contributed by atoms with Crippen LogP contribution in [0.25, 0.3) is 0 Å². The van der Waals surface area contributed by atoms with Gasteiger partial charge in [0, 0.05) is 18.3 Å². The Balaban J connectivity index is 2.29. The number of alkyl halides is 2. The lowest BCUT2D eigenvalue weighted by Crippen LogP contribution is -2.36. The molecule has 1 aromatic rings. The van der Waals surface area contributed by atoms with E-state index in [1.54, 1.807) is 18.2 Å². The van der Waals surface area contributed by atoms with E-state index < -0.39 is 24.0 Å². The van der Waals surface area contributed by atoms with Crippen LogP contribution in [0, 0.1) is 0 Å². The van der Waals surface area contributed by atoms with Crippen LogP contribution < -0.4 is 0 Å². The van der Waals surface area contributed by atoms with E-state index in [1.807, 2.05) is 0 Å². The standard InChI is InChI=1S/C11H11F2NO/c12-7-4-5-9(15)11(13)10(7)8-3-1-2-6-14-8/h1-3,6-7,10-11H,4-5H2. The van der Waals surface area contributed by atoms with Crippen LogP contribution in [0.1, 0.15) is 24.5 Å². The largest absolute Gasteiger partial charge is 0.296 e. The van der Waals surface area contributed by atoms with Gasteiger partial charge in [-0.2, -0.15) is 0 Å². The smallest absolute Gasteiger partial charge is 0.169 e. The molecule has 0 spiro atoms. The second kappa shape index (κ2) is 4.04. The molecule has 0 aliphatic heterocycles. The molecule has 0 saturated heterocycles. The van der Waals surface area contributed by atoms with Crippen molar-refractivity contribution >= 4 is 5.78 Å². The third-order valence-corrected chi connectivity index (χ3v) is 2.71. The van der Waals surface area contributed by atoms with Crippen molar-refractivity contribution in [3.05, 3.63) is 30.1 Å². The molecule has 15 heavy (non-hydrogen) atoms. The number of hydrogen-bond donors (Lipinski definition) is 0. The van der Waals surface area contributed by atoms with Crippen molar-refractivity contribution in [3.63, 3.8) is 0 Å². The lowest BCUT2D eigenvalue weighted by Gasteiger charge is -2.27. The molecule has 2 nitrogen and oxygen atoms in total. The molecule has 1 aliphatic rings. The van der Waals surface area contributed by atoms with Crippen LogP contribution in [0.4, 0.5) is 8.78 Å². The van der Waals surface area contributed by atoms with Crippen molar-refractivity contribution in [1.82, 2.24) is 4.98 Å². The average molecular weight is 211 g/mol. The molecule has 1 aliphatic carbocycles. The minimum Gasteiger partial charge on any atom is -0.296 e. The first kappa shape index (κ1) is 10.2. The molecule has 0 N–H and O–H groups in total. The Bertz CT molecular complexity index is 355. The SMILES string of the molecule is O=C1CCC(F)C(c2ccccn2)C1F. The van der Waals surface area contributed by atoms with E-state index in [-0.39, 0.29) is 12.8 Å². The lowest BCUT2D eigenvalue weighted by molar-refractivity contribution is -0.128. The van der Waals surface area contributed by atoms with Crippen LogP contribution in [0.5, 0.6) is 0 Å². The highest BCUT2D eigenvalue weighted by Gasteiger charge is 2.40. The van der Waals surface area contributed by atoms with Crippen molar-refractivity contribution < 1.29 is 13.6 Å². The topological polar surface area (TPSA) is 30.0 Å². The first-order chi connectivity index (χ1) is 7.20. The van der Waals surface area contributed by atoms with Gasteiger partial charge >= 0.3 is 0 Å². The van der Waals surface area contributed by atoms with Crippen LogP contribution in [-0.2, 0) is 4.79 Å². The van der Waals surface area contributed by atoms with Gasteiger partial charge in [0.15, 0.2) is 12.0 Å². The Labute approximate surface area is 86.3 Å². The molecule has 0 amide bonds. The van der Waals surface area contributed by atoms with Gasteiger partial charge in [-0.15, -0.1) is 0 Å². The van der Waals surface area contributed by atoms with E-state index in [2.05, 4.69) is 4.98 Å². The zero-order chi connectivity index (χ0) is 10.8.